The van der Waals surface area contributed by atoms with Crippen LogP contribution in [0.1, 0.15) is 93.1 Å². The van der Waals surface area contributed by atoms with Gasteiger partial charge in [-0.1, -0.05) is 70.2 Å². The van der Waals surface area contributed by atoms with E-state index in [9.17, 15) is 19.6 Å². The number of carbonyl (C=O) groups excluding carboxylic acids is 3. The molecule has 0 aliphatic carbocycles. The monoisotopic (exact) mass is 611 g/mol. The molecular formula is C35H57N5O4. The molecule has 0 saturated carbocycles. The van der Waals surface area contributed by atoms with E-state index in [1.165, 1.54) is 5.06 Å². The minimum atomic E-state index is -0.743. The first-order valence-corrected chi connectivity index (χ1v) is 16.4. The Morgan fingerprint density at radius 2 is 1.64 bits per heavy atom. The Hall–Kier alpha value is -2.75. The van der Waals surface area contributed by atoms with E-state index in [2.05, 4.69) is 24.5 Å². The summed E-state index contributed by atoms with van der Waals surface area (Å²) in [6, 6.07) is 8.22. The predicted molar refractivity (Wildman–Crippen MR) is 175 cm³/mol. The first-order chi connectivity index (χ1) is 20.5. The molecule has 2 saturated heterocycles. The third kappa shape index (κ3) is 9.38. The summed E-state index contributed by atoms with van der Waals surface area (Å²) >= 11 is 0. The van der Waals surface area contributed by atoms with Gasteiger partial charge in [0.25, 0.3) is 0 Å². The normalized spacial score (nSPS) is 22.7. The predicted octanol–water partition coefficient (Wildman–Crippen LogP) is 4.43. The Morgan fingerprint density at radius 3 is 2.20 bits per heavy atom. The lowest BCUT2D eigenvalue weighted by Gasteiger charge is -2.51. The van der Waals surface area contributed by atoms with Crippen molar-refractivity contribution in [2.75, 3.05) is 6.54 Å². The zero-order valence-corrected chi connectivity index (χ0v) is 28.2. The van der Waals surface area contributed by atoms with Crippen LogP contribution in [0.3, 0.4) is 0 Å². The number of likely N-dealkylation sites (tertiary alicyclic amines) is 1. The molecule has 4 atom stereocenters. The third-order valence-electron chi connectivity index (χ3n) is 9.02. The van der Waals surface area contributed by atoms with E-state index in [4.69, 9.17) is 5.73 Å². The average Bonchev–Trinajstić information content (AvgIpc) is 3.42. The molecule has 0 spiro atoms. The first-order valence-electron chi connectivity index (χ1n) is 16.4. The highest BCUT2D eigenvalue weighted by atomic mass is 16.5. The molecule has 2 heterocycles. The largest absolute Gasteiger partial charge is 0.351 e. The zero-order chi connectivity index (χ0) is 32.8. The summed E-state index contributed by atoms with van der Waals surface area (Å²) in [6.07, 6.45) is 7.63. The van der Waals surface area contributed by atoms with Crippen LogP contribution in [0.15, 0.2) is 42.5 Å². The second-order valence-electron chi connectivity index (χ2n) is 14.9. The number of carbonyl (C=O) groups is 3. The summed E-state index contributed by atoms with van der Waals surface area (Å²) in [7, 11) is 0. The smallest absolute Gasteiger partial charge is 0.243 e. The molecular weight excluding hydrogens is 554 g/mol. The summed E-state index contributed by atoms with van der Waals surface area (Å²) < 4.78 is 0. The van der Waals surface area contributed by atoms with Crippen molar-refractivity contribution in [3.63, 3.8) is 0 Å². The van der Waals surface area contributed by atoms with E-state index in [-0.39, 0.29) is 35.7 Å². The fourth-order valence-electron chi connectivity index (χ4n) is 6.97. The number of amides is 3. The van der Waals surface area contributed by atoms with Crippen molar-refractivity contribution in [1.29, 1.82) is 0 Å². The summed E-state index contributed by atoms with van der Waals surface area (Å²) in [5.74, 6) is -0.788. The number of hydroxylamine groups is 2. The molecule has 0 radical (unpaired) electrons. The van der Waals surface area contributed by atoms with Gasteiger partial charge < -0.3 is 26.5 Å². The van der Waals surface area contributed by atoms with Crippen LogP contribution >= 0.6 is 0 Å². The van der Waals surface area contributed by atoms with Crippen molar-refractivity contribution >= 4 is 17.7 Å². The Morgan fingerprint density at radius 1 is 1.02 bits per heavy atom. The maximum Gasteiger partial charge on any atom is 0.243 e. The average molecular weight is 612 g/mol. The van der Waals surface area contributed by atoms with Crippen LogP contribution in [0.25, 0.3) is 0 Å². The van der Waals surface area contributed by atoms with Crippen LogP contribution < -0.4 is 16.4 Å². The second-order valence-corrected chi connectivity index (χ2v) is 14.9. The van der Waals surface area contributed by atoms with Crippen molar-refractivity contribution in [3.8, 4) is 0 Å². The van der Waals surface area contributed by atoms with Crippen LogP contribution in [0, 0.1) is 17.8 Å². The van der Waals surface area contributed by atoms with E-state index in [1.807, 2.05) is 84.0 Å². The molecule has 2 aliphatic heterocycles. The van der Waals surface area contributed by atoms with Crippen molar-refractivity contribution in [2.45, 2.75) is 129 Å². The summed E-state index contributed by atoms with van der Waals surface area (Å²) in [4.78, 5) is 43.0. The van der Waals surface area contributed by atoms with Crippen molar-refractivity contribution in [3.05, 3.63) is 48.0 Å². The van der Waals surface area contributed by atoms with E-state index in [0.29, 0.717) is 38.1 Å². The van der Waals surface area contributed by atoms with Gasteiger partial charge in [0.1, 0.15) is 12.1 Å². The van der Waals surface area contributed by atoms with Gasteiger partial charge in [0.05, 0.1) is 5.92 Å². The van der Waals surface area contributed by atoms with Crippen LogP contribution in [-0.4, -0.2) is 74.7 Å². The summed E-state index contributed by atoms with van der Waals surface area (Å²) in [5.41, 5.74) is 6.36. The quantitative estimate of drug-likeness (QED) is 0.259. The number of piperidine rings is 1. The van der Waals surface area contributed by atoms with Gasteiger partial charge in [-0.25, -0.2) is 0 Å². The lowest BCUT2D eigenvalue weighted by molar-refractivity contribution is -0.246. The number of hydrogen-bond donors (Lipinski definition) is 4. The van der Waals surface area contributed by atoms with Crippen molar-refractivity contribution in [2.24, 2.45) is 23.5 Å². The highest BCUT2D eigenvalue weighted by Crippen LogP contribution is 2.36. The van der Waals surface area contributed by atoms with Gasteiger partial charge in [0.2, 0.25) is 17.7 Å². The molecule has 0 aromatic heterocycles. The molecule has 9 heteroatoms. The molecule has 2 aliphatic rings. The molecule has 1 aromatic rings. The molecule has 5 N–H and O–H groups in total. The molecule has 1 aromatic carbocycles. The highest BCUT2D eigenvalue weighted by Gasteiger charge is 2.46. The van der Waals surface area contributed by atoms with Gasteiger partial charge >= 0.3 is 0 Å². The zero-order valence-electron chi connectivity index (χ0n) is 28.2. The van der Waals surface area contributed by atoms with E-state index >= 15 is 0 Å². The van der Waals surface area contributed by atoms with E-state index in [1.54, 1.807) is 4.90 Å². The third-order valence-corrected chi connectivity index (χ3v) is 9.02. The van der Waals surface area contributed by atoms with Gasteiger partial charge in [0, 0.05) is 29.7 Å². The highest BCUT2D eigenvalue weighted by molar-refractivity contribution is 5.93. The second kappa shape index (κ2) is 15.0. The van der Waals surface area contributed by atoms with Crippen molar-refractivity contribution in [1.82, 2.24) is 20.6 Å². The first kappa shape index (κ1) is 35.7. The van der Waals surface area contributed by atoms with Crippen molar-refractivity contribution < 1.29 is 19.6 Å². The Bertz CT molecular complexity index is 1130. The Kier molecular flexibility index (Phi) is 12.2. The van der Waals surface area contributed by atoms with Crippen LogP contribution in [0.5, 0.6) is 0 Å². The number of nitrogens with one attached hydrogen (secondary N) is 2. The van der Waals surface area contributed by atoms with Gasteiger partial charge in [0.15, 0.2) is 0 Å². The molecule has 0 unspecified atom stereocenters. The van der Waals surface area contributed by atoms with Gasteiger partial charge in [-0.15, -0.1) is 0 Å². The minimum Gasteiger partial charge on any atom is -0.351 e. The van der Waals surface area contributed by atoms with Gasteiger partial charge in [-0.3, -0.25) is 14.4 Å². The number of rotatable bonds is 12. The topological polar surface area (TPSA) is 128 Å². The molecule has 246 valence electrons. The molecule has 3 amide bonds. The number of benzene rings is 1. The van der Waals surface area contributed by atoms with Crippen LogP contribution in [0.2, 0.25) is 0 Å². The molecule has 9 nitrogen and oxygen atoms in total. The number of nitrogens with two attached hydrogens (primary N) is 1. The standard InChI is InChI=1S/C35H57N5O4/c1-23(2)19-27(36)17-16-26(20-25-13-10-9-11-14-25)33(43)39-18-12-15-29(39)31(41)38-30(24(3)4)32(42)37-28-21-34(5,6)40(44)35(7,8)22-28/h9-11,13-14,16-17,23-24,26-30,44H,12,15,18-22,36H2,1-8H3,(H,37,42)(H,38,41)/b17-16+/t26-,27-,29+,30-/m1/s1. The number of nitrogens with zero attached hydrogens (tertiary/aromatic N) is 2. The van der Waals surface area contributed by atoms with Crippen LogP contribution in [-0.2, 0) is 20.8 Å². The minimum absolute atomic E-state index is 0.0923. The lowest BCUT2D eigenvalue weighted by atomic mass is 9.79. The SMILES string of the molecule is CC(C)C[C@H](N)/C=C/[C@H](Cc1ccccc1)C(=O)N1CCC[C@H]1C(=O)N[C@@H](C(=O)NC1CC(C)(C)N(O)C(C)(C)C1)C(C)C. The molecule has 0 bridgehead atoms. The molecule has 2 fully saturated rings. The summed E-state index contributed by atoms with van der Waals surface area (Å²) in [5, 5.41) is 18.2. The van der Waals surface area contributed by atoms with E-state index < -0.39 is 29.1 Å². The fraction of sp³-hybridized carbons (Fsp3) is 0.686. The summed E-state index contributed by atoms with van der Waals surface area (Å²) in [6.45, 7) is 16.4. The maximum absolute atomic E-state index is 14.0. The maximum atomic E-state index is 14.0. The van der Waals surface area contributed by atoms with Gasteiger partial charge in [-0.05, 0) is 83.6 Å². The lowest BCUT2D eigenvalue weighted by Crippen LogP contribution is -2.64. The van der Waals surface area contributed by atoms with E-state index in [0.717, 1.165) is 18.4 Å². The van der Waals surface area contributed by atoms with Gasteiger partial charge in [-0.2, -0.15) is 5.06 Å². The molecule has 44 heavy (non-hydrogen) atoms. The van der Waals surface area contributed by atoms with Crippen LogP contribution in [0.4, 0.5) is 0 Å². The molecule has 3 rings (SSSR count). The number of hydrogen-bond acceptors (Lipinski definition) is 6. The Labute approximate surface area is 265 Å². The Balaban J connectivity index is 1.73. The fourth-order valence-corrected chi connectivity index (χ4v) is 6.97.